The predicted molar refractivity (Wildman–Crippen MR) is 58.3 cm³/mol. The van der Waals surface area contributed by atoms with E-state index in [4.69, 9.17) is 16.3 Å². The zero-order chi connectivity index (χ0) is 11.9. The van der Waals surface area contributed by atoms with Gasteiger partial charge in [0.15, 0.2) is 6.61 Å². The molecule has 1 N–H and O–H groups in total. The van der Waals surface area contributed by atoms with Crippen LogP contribution in [0.5, 0.6) is 0 Å². The van der Waals surface area contributed by atoms with E-state index >= 15 is 0 Å². The smallest absolute Gasteiger partial charge is 0.411 e. The summed E-state index contributed by atoms with van der Waals surface area (Å²) in [7, 11) is 0. The zero-order valence-electron chi connectivity index (χ0n) is 9.62. The largest absolute Gasteiger partial charge is 0.436 e. The van der Waals surface area contributed by atoms with Gasteiger partial charge in [-0.3, -0.25) is 0 Å². The van der Waals surface area contributed by atoms with Crippen LogP contribution in [0.3, 0.4) is 0 Å². The van der Waals surface area contributed by atoms with Gasteiger partial charge in [-0.05, 0) is 27.2 Å². The van der Waals surface area contributed by atoms with E-state index in [9.17, 15) is 4.79 Å². The van der Waals surface area contributed by atoms with Crippen LogP contribution in [0.15, 0.2) is 0 Å². The van der Waals surface area contributed by atoms with Gasteiger partial charge in [0.25, 0.3) is 0 Å². The standard InChI is InChI=1S/C11H19NO3/c1-5-9-15-10(14)12(7-6-8-13)11(2,3)4/h1,13H,6-9H2,2-4H3. The van der Waals surface area contributed by atoms with Crippen molar-refractivity contribution >= 4 is 6.09 Å². The number of hydrogen-bond donors (Lipinski definition) is 1. The van der Waals surface area contributed by atoms with Crippen LogP contribution >= 0.6 is 0 Å². The molecule has 0 aliphatic heterocycles. The summed E-state index contributed by atoms with van der Waals surface area (Å²) in [6, 6.07) is 0. The molecule has 1 amide bonds. The monoisotopic (exact) mass is 213 g/mol. The molecule has 4 nitrogen and oxygen atoms in total. The molecule has 0 aliphatic carbocycles. The third-order valence-corrected chi connectivity index (χ3v) is 1.85. The lowest BCUT2D eigenvalue weighted by Crippen LogP contribution is -2.46. The van der Waals surface area contributed by atoms with Crippen molar-refractivity contribution in [2.24, 2.45) is 0 Å². The number of ether oxygens (including phenoxy) is 1. The quantitative estimate of drug-likeness (QED) is 0.715. The molecule has 0 aliphatic rings. The molecule has 86 valence electrons. The number of carbonyl (C=O) groups is 1. The number of carbonyl (C=O) groups excluding carboxylic acids is 1. The Labute approximate surface area is 91.2 Å². The average molecular weight is 213 g/mol. The van der Waals surface area contributed by atoms with Crippen molar-refractivity contribution in [3.8, 4) is 12.3 Å². The number of nitrogens with zero attached hydrogens (tertiary/aromatic N) is 1. The van der Waals surface area contributed by atoms with Crippen LogP contribution in [0.25, 0.3) is 0 Å². The molecule has 0 saturated heterocycles. The fraction of sp³-hybridized carbons (Fsp3) is 0.727. The van der Waals surface area contributed by atoms with E-state index in [1.54, 1.807) is 4.90 Å². The Hall–Kier alpha value is -1.21. The Bertz CT molecular complexity index is 237. The zero-order valence-corrected chi connectivity index (χ0v) is 9.62. The number of terminal acetylenes is 1. The lowest BCUT2D eigenvalue weighted by molar-refractivity contribution is 0.0726. The normalized spacial score (nSPS) is 10.6. The van der Waals surface area contributed by atoms with E-state index in [2.05, 4.69) is 5.92 Å². The molecule has 0 spiro atoms. The molecule has 15 heavy (non-hydrogen) atoms. The van der Waals surface area contributed by atoms with Crippen molar-refractivity contribution in [2.75, 3.05) is 19.8 Å². The fourth-order valence-electron chi connectivity index (χ4n) is 1.11. The summed E-state index contributed by atoms with van der Waals surface area (Å²) in [6.07, 6.45) is 5.09. The van der Waals surface area contributed by atoms with Gasteiger partial charge in [-0.1, -0.05) is 5.92 Å². The molecule has 0 atom stereocenters. The number of aliphatic hydroxyl groups excluding tert-OH is 1. The maximum Gasteiger partial charge on any atom is 0.411 e. The molecule has 0 radical (unpaired) electrons. The van der Waals surface area contributed by atoms with Gasteiger partial charge in [-0.15, -0.1) is 6.42 Å². The van der Waals surface area contributed by atoms with E-state index in [0.717, 1.165) is 0 Å². The maximum atomic E-state index is 11.6. The van der Waals surface area contributed by atoms with Gasteiger partial charge in [-0.25, -0.2) is 4.79 Å². The van der Waals surface area contributed by atoms with Crippen LogP contribution in [0.4, 0.5) is 4.79 Å². The molecular weight excluding hydrogens is 194 g/mol. The van der Waals surface area contributed by atoms with Crippen LogP contribution in [0.2, 0.25) is 0 Å². The van der Waals surface area contributed by atoms with Gasteiger partial charge in [0.2, 0.25) is 0 Å². The molecule has 0 saturated carbocycles. The first kappa shape index (κ1) is 13.8. The molecule has 0 heterocycles. The molecule has 0 aromatic carbocycles. The molecule has 0 aromatic rings. The third-order valence-electron chi connectivity index (χ3n) is 1.85. The highest BCUT2D eigenvalue weighted by Gasteiger charge is 2.26. The second kappa shape index (κ2) is 6.31. The summed E-state index contributed by atoms with van der Waals surface area (Å²) in [5, 5.41) is 8.73. The van der Waals surface area contributed by atoms with Crippen molar-refractivity contribution in [3.05, 3.63) is 0 Å². The molecule has 0 aromatic heterocycles. The summed E-state index contributed by atoms with van der Waals surface area (Å²) in [5.41, 5.74) is -0.332. The summed E-state index contributed by atoms with van der Waals surface area (Å²) in [4.78, 5) is 13.1. The lowest BCUT2D eigenvalue weighted by atomic mass is 10.1. The van der Waals surface area contributed by atoms with Crippen LogP contribution in [0.1, 0.15) is 27.2 Å². The Morgan fingerprint density at radius 3 is 2.53 bits per heavy atom. The minimum absolute atomic E-state index is 0.0233. The molecule has 0 fully saturated rings. The number of aliphatic hydroxyl groups is 1. The molecule has 0 rings (SSSR count). The first-order valence-corrected chi connectivity index (χ1v) is 4.92. The molecular formula is C11H19NO3. The average Bonchev–Trinajstić information content (AvgIpc) is 2.13. The van der Waals surface area contributed by atoms with Gasteiger partial charge in [0, 0.05) is 18.7 Å². The molecule has 0 bridgehead atoms. The van der Waals surface area contributed by atoms with Crippen LogP contribution in [-0.4, -0.2) is 41.4 Å². The number of rotatable bonds is 4. The van der Waals surface area contributed by atoms with Crippen molar-refractivity contribution in [3.63, 3.8) is 0 Å². The number of hydrogen-bond acceptors (Lipinski definition) is 3. The van der Waals surface area contributed by atoms with Crippen molar-refractivity contribution in [1.29, 1.82) is 0 Å². The number of amides is 1. The van der Waals surface area contributed by atoms with E-state index < -0.39 is 6.09 Å². The minimum atomic E-state index is -0.436. The second-order valence-corrected chi connectivity index (χ2v) is 4.16. The van der Waals surface area contributed by atoms with Crippen LogP contribution < -0.4 is 0 Å². The molecule has 0 unspecified atom stereocenters. The fourth-order valence-corrected chi connectivity index (χ4v) is 1.11. The lowest BCUT2D eigenvalue weighted by Gasteiger charge is -2.34. The second-order valence-electron chi connectivity index (χ2n) is 4.16. The van der Waals surface area contributed by atoms with E-state index in [0.29, 0.717) is 13.0 Å². The third kappa shape index (κ3) is 5.28. The van der Waals surface area contributed by atoms with E-state index in [1.165, 1.54) is 0 Å². The first-order valence-electron chi connectivity index (χ1n) is 4.92. The van der Waals surface area contributed by atoms with Gasteiger partial charge in [0.1, 0.15) is 0 Å². The highest BCUT2D eigenvalue weighted by molar-refractivity contribution is 5.68. The van der Waals surface area contributed by atoms with Crippen molar-refractivity contribution in [1.82, 2.24) is 4.90 Å². The molecule has 4 heteroatoms. The van der Waals surface area contributed by atoms with Crippen LogP contribution in [0, 0.1) is 12.3 Å². The van der Waals surface area contributed by atoms with Crippen molar-refractivity contribution in [2.45, 2.75) is 32.7 Å². The van der Waals surface area contributed by atoms with Gasteiger partial charge in [0.05, 0.1) is 0 Å². The highest BCUT2D eigenvalue weighted by atomic mass is 16.6. The first-order chi connectivity index (χ1) is 6.93. The minimum Gasteiger partial charge on any atom is -0.436 e. The summed E-state index contributed by atoms with van der Waals surface area (Å²) in [5.74, 6) is 2.24. The SMILES string of the molecule is C#CCOC(=O)N(CCCO)C(C)(C)C. The maximum absolute atomic E-state index is 11.6. The summed E-state index contributed by atoms with van der Waals surface area (Å²) in [6.45, 7) is 6.20. The van der Waals surface area contributed by atoms with E-state index in [-0.39, 0.29) is 18.8 Å². The van der Waals surface area contributed by atoms with Gasteiger partial charge in [-0.2, -0.15) is 0 Å². The van der Waals surface area contributed by atoms with Gasteiger partial charge >= 0.3 is 6.09 Å². The van der Waals surface area contributed by atoms with Crippen molar-refractivity contribution < 1.29 is 14.6 Å². The van der Waals surface area contributed by atoms with Crippen LogP contribution in [-0.2, 0) is 4.74 Å². The predicted octanol–water partition coefficient (Wildman–Crippen LogP) is 1.24. The topological polar surface area (TPSA) is 49.8 Å². The Morgan fingerprint density at radius 1 is 1.53 bits per heavy atom. The highest BCUT2D eigenvalue weighted by Crippen LogP contribution is 2.14. The van der Waals surface area contributed by atoms with Gasteiger partial charge < -0.3 is 14.7 Å². The van der Waals surface area contributed by atoms with E-state index in [1.807, 2.05) is 20.8 Å². The summed E-state index contributed by atoms with van der Waals surface area (Å²) < 4.78 is 4.85. The Kier molecular flexibility index (Phi) is 5.80. The Morgan fingerprint density at radius 2 is 2.13 bits per heavy atom. The Balaban J connectivity index is 4.36. The summed E-state index contributed by atoms with van der Waals surface area (Å²) >= 11 is 0.